The molecule has 1 N–H and O–H groups in total. The molecule has 35 heavy (non-hydrogen) atoms. The number of sulfonamides is 1. The maximum absolute atomic E-state index is 12.7. The van der Waals surface area contributed by atoms with Gasteiger partial charge in [0, 0.05) is 31.8 Å². The molecule has 5 nitrogen and oxygen atoms in total. The largest absolute Gasteiger partial charge is 0.377 e. The van der Waals surface area contributed by atoms with Crippen molar-refractivity contribution in [3.8, 4) is 11.8 Å². The second-order valence-corrected chi connectivity index (χ2v) is 13.3. The van der Waals surface area contributed by atoms with E-state index in [-0.39, 0.29) is 22.0 Å². The fraction of sp³-hybridized carbons (Fsp3) is 0.552. The third-order valence-electron chi connectivity index (χ3n) is 9.28. The number of fused-ring (bicyclic) bond motifs is 4. The van der Waals surface area contributed by atoms with Gasteiger partial charge in [0.2, 0.25) is 10.0 Å². The Kier molecular flexibility index (Phi) is 5.90. The number of hydrogen-bond acceptors (Lipinski definition) is 4. The zero-order valence-electron chi connectivity index (χ0n) is 21.1. The molecule has 0 aliphatic heterocycles. The van der Waals surface area contributed by atoms with Gasteiger partial charge in [0.05, 0.1) is 4.90 Å². The summed E-state index contributed by atoms with van der Waals surface area (Å²) in [7, 11) is -0.428. The second-order valence-electron chi connectivity index (χ2n) is 11.1. The zero-order valence-corrected chi connectivity index (χ0v) is 21.9. The van der Waals surface area contributed by atoms with Crippen LogP contribution in [0.1, 0.15) is 70.3 Å². The molecule has 0 unspecified atom stereocenters. The van der Waals surface area contributed by atoms with Crippen LogP contribution in [0, 0.1) is 29.1 Å². The van der Waals surface area contributed by atoms with Crippen molar-refractivity contribution in [3.63, 3.8) is 0 Å². The molecule has 2 saturated carbocycles. The highest BCUT2D eigenvalue weighted by Gasteiger charge is 2.62. The summed E-state index contributed by atoms with van der Waals surface area (Å²) in [6.45, 7) is 4.01. The number of benzene rings is 1. The summed E-state index contributed by atoms with van der Waals surface area (Å²) in [4.78, 5) is 12.5. The summed E-state index contributed by atoms with van der Waals surface area (Å²) in [6, 6.07) is 7.30. The van der Waals surface area contributed by atoms with Crippen LogP contribution in [0.4, 0.5) is 0 Å². The van der Waals surface area contributed by atoms with Crippen LogP contribution in [0.2, 0.25) is 0 Å². The first-order valence-corrected chi connectivity index (χ1v) is 14.1. The lowest BCUT2D eigenvalue weighted by Crippen LogP contribution is -2.51. The number of aliphatic hydroxyl groups is 1. The molecule has 0 bridgehead atoms. The summed E-state index contributed by atoms with van der Waals surface area (Å²) >= 11 is 0. The van der Waals surface area contributed by atoms with E-state index >= 15 is 0 Å². The van der Waals surface area contributed by atoms with Crippen LogP contribution in [-0.2, 0) is 14.8 Å². The molecular weight excluding hydrogens is 458 g/mol. The van der Waals surface area contributed by atoms with E-state index in [0.29, 0.717) is 24.7 Å². The SMILES string of the molecule is CC#C[C@]1(O)CC[C@H]2[C@@H]3CCC4=CC(=O)CCC4=C3[C@@H](c3ccc(S(=O)(=O)N(C)C)cc3)C[C@@]21C. The Morgan fingerprint density at radius 1 is 1.09 bits per heavy atom. The van der Waals surface area contributed by atoms with Crippen LogP contribution < -0.4 is 0 Å². The predicted molar refractivity (Wildman–Crippen MR) is 136 cm³/mol. The van der Waals surface area contributed by atoms with Crippen molar-refractivity contribution in [1.29, 1.82) is 0 Å². The number of carbonyl (C=O) groups excluding carboxylic acids is 1. The van der Waals surface area contributed by atoms with Crippen molar-refractivity contribution in [2.45, 2.75) is 75.2 Å². The van der Waals surface area contributed by atoms with Crippen LogP contribution in [0.25, 0.3) is 0 Å². The van der Waals surface area contributed by atoms with Crippen molar-refractivity contribution < 1.29 is 18.3 Å². The standard InChI is InChI=1S/C29H35NO4S/c1-5-15-29(32)16-14-26-24-12-8-20-17-21(31)9-13-23(20)27(24)25(18-28(26,29)2)19-6-10-22(11-7-19)35(33,34)30(3)4/h6-7,10-11,17,24-26,32H,8-9,12-14,16,18H2,1-4H3/t24-,25+,26-,28-,29-/m0/s1. The molecule has 5 atom stereocenters. The number of allylic oxidation sites excluding steroid dienone is 4. The van der Waals surface area contributed by atoms with Gasteiger partial charge < -0.3 is 5.11 Å². The molecule has 0 amide bonds. The van der Waals surface area contributed by atoms with Crippen molar-refractivity contribution in [2.75, 3.05) is 14.1 Å². The number of rotatable bonds is 3. The van der Waals surface area contributed by atoms with E-state index < -0.39 is 15.6 Å². The van der Waals surface area contributed by atoms with Gasteiger partial charge in [0.15, 0.2) is 5.78 Å². The summed E-state index contributed by atoms with van der Waals surface area (Å²) in [5.41, 5.74) is 3.66. The van der Waals surface area contributed by atoms with Crippen LogP contribution >= 0.6 is 0 Å². The minimum atomic E-state index is -3.51. The number of hydrogen-bond donors (Lipinski definition) is 1. The fourth-order valence-corrected chi connectivity index (χ4v) is 8.36. The molecule has 0 aromatic heterocycles. The summed E-state index contributed by atoms with van der Waals surface area (Å²) in [5.74, 6) is 7.14. The third-order valence-corrected chi connectivity index (χ3v) is 11.1. The van der Waals surface area contributed by atoms with Gasteiger partial charge in [-0.3, -0.25) is 4.79 Å². The van der Waals surface area contributed by atoms with Gasteiger partial charge in [-0.1, -0.05) is 30.6 Å². The number of nitrogens with zero attached hydrogens (tertiary/aromatic N) is 1. The first-order valence-electron chi connectivity index (χ1n) is 12.7. The average molecular weight is 494 g/mol. The summed E-state index contributed by atoms with van der Waals surface area (Å²) in [6.07, 6.45) is 7.48. The highest BCUT2D eigenvalue weighted by atomic mass is 32.2. The van der Waals surface area contributed by atoms with Gasteiger partial charge in [-0.05, 0) is 92.2 Å². The van der Waals surface area contributed by atoms with Crippen molar-refractivity contribution in [2.24, 2.45) is 17.3 Å². The van der Waals surface area contributed by atoms with Crippen molar-refractivity contribution >= 4 is 15.8 Å². The topological polar surface area (TPSA) is 74.7 Å². The molecule has 1 aromatic carbocycles. The second kappa shape index (κ2) is 8.44. The van der Waals surface area contributed by atoms with E-state index in [2.05, 4.69) is 18.8 Å². The fourth-order valence-electron chi connectivity index (χ4n) is 7.46. The van der Waals surface area contributed by atoms with E-state index in [1.54, 1.807) is 33.2 Å². The molecule has 2 fully saturated rings. The van der Waals surface area contributed by atoms with Gasteiger partial charge in [-0.25, -0.2) is 12.7 Å². The average Bonchev–Trinajstić information content (AvgIpc) is 3.08. The van der Waals surface area contributed by atoms with Crippen molar-refractivity contribution in [1.82, 2.24) is 4.31 Å². The molecule has 0 saturated heterocycles. The van der Waals surface area contributed by atoms with Crippen LogP contribution in [0.15, 0.2) is 52.0 Å². The molecule has 186 valence electrons. The Hall–Kier alpha value is -2.20. The van der Waals surface area contributed by atoms with Crippen LogP contribution in [-0.4, -0.2) is 43.3 Å². The summed E-state index contributed by atoms with van der Waals surface area (Å²) < 4.78 is 26.5. The zero-order chi connectivity index (χ0) is 25.2. The quantitative estimate of drug-likeness (QED) is 0.625. The van der Waals surface area contributed by atoms with Gasteiger partial charge in [0.25, 0.3) is 0 Å². The summed E-state index contributed by atoms with van der Waals surface area (Å²) in [5, 5.41) is 11.7. The predicted octanol–water partition coefficient (Wildman–Crippen LogP) is 4.59. The minimum absolute atomic E-state index is 0.0625. The molecule has 4 aliphatic carbocycles. The lowest BCUT2D eigenvalue weighted by atomic mass is 9.51. The molecule has 0 heterocycles. The maximum Gasteiger partial charge on any atom is 0.242 e. The lowest BCUT2D eigenvalue weighted by molar-refractivity contribution is -0.114. The monoisotopic (exact) mass is 493 g/mol. The minimum Gasteiger partial charge on any atom is -0.377 e. The third kappa shape index (κ3) is 3.66. The van der Waals surface area contributed by atoms with E-state index in [4.69, 9.17) is 0 Å². The molecular formula is C29H35NO4S. The maximum atomic E-state index is 12.7. The van der Waals surface area contributed by atoms with Gasteiger partial charge >= 0.3 is 0 Å². The van der Waals surface area contributed by atoms with E-state index in [1.165, 1.54) is 21.0 Å². The number of carbonyl (C=O) groups is 1. The Labute approximate surface area is 209 Å². The van der Waals surface area contributed by atoms with Gasteiger partial charge in [-0.15, -0.1) is 5.92 Å². The highest BCUT2D eigenvalue weighted by molar-refractivity contribution is 7.89. The molecule has 0 radical (unpaired) electrons. The van der Waals surface area contributed by atoms with Crippen molar-refractivity contribution in [3.05, 3.63) is 52.6 Å². The smallest absolute Gasteiger partial charge is 0.242 e. The molecule has 0 spiro atoms. The molecule has 1 aromatic rings. The lowest BCUT2D eigenvalue weighted by Gasteiger charge is -2.53. The van der Waals surface area contributed by atoms with E-state index in [9.17, 15) is 18.3 Å². The Balaban J connectivity index is 1.66. The molecule has 5 rings (SSSR count). The highest BCUT2D eigenvalue weighted by Crippen LogP contribution is 2.66. The Morgan fingerprint density at radius 2 is 1.80 bits per heavy atom. The van der Waals surface area contributed by atoms with E-state index in [0.717, 1.165) is 37.7 Å². The van der Waals surface area contributed by atoms with Gasteiger partial charge in [-0.2, -0.15) is 0 Å². The van der Waals surface area contributed by atoms with Crippen LogP contribution in [0.3, 0.4) is 0 Å². The van der Waals surface area contributed by atoms with Crippen LogP contribution in [0.5, 0.6) is 0 Å². The molecule has 4 aliphatic rings. The molecule has 6 heteroatoms. The normalized spacial score (nSPS) is 34.5. The Bertz CT molecular complexity index is 1290. The first kappa shape index (κ1) is 24.5. The number of ketones is 1. The van der Waals surface area contributed by atoms with Gasteiger partial charge in [0.1, 0.15) is 5.60 Å². The first-order chi connectivity index (χ1) is 16.5. The Morgan fingerprint density at radius 3 is 2.46 bits per heavy atom. The van der Waals surface area contributed by atoms with E-state index in [1.807, 2.05) is 18.2 Å².